The fraction of sp³-hybridized carbons (Fsp3) is 0.692. The molecule has 2 unspecified atom stereocenters. The minimum Gasteiger partial charge on any atom is -0.467 e. The molecule has 1 fully saturated rings. The Labute approximate surface area is 118 Å². The van der Waals surface area contributed by atoms with Gasteiger partial charge >= 0.3 is 6.01 Å². The quantitative estimate of drug-likeness (QED) is 0.890. The Bertz CT molecular complexity index is 444. The minimum absolute atomic E-state index is 0.0694. The molecule has 0 aromatic carbocycles. The molecule has 1 aliphatic carbocycles. The molecule has 0 radical (unpaired) electrons. The Hall–Kier alpha value is -1.07. The largest absolute Gasteiger partial charge is 0.467 e. The van der Waals surface area contributed by atoms with Gasteiger partial charge in [0, 0.05) is 0 Å². The molecule has 2 N–H and O–H groups in total. The number of nitrogens with zero attached hydrogens (tertiary/aromatic N) is 2. The van der Waals surface area contributed by atoms with Crippen molar-refractivity contribution in [1.82, 2.24) is 9.97 Å². The summed E-state index contributed by atoms with van der Waals surface area (Å²) in [5, 5.41) is 13.5. The number of rotatable bonds is 4. The molecular formula is C13H20ClN3O2. The van der Waals surface area contributed by atoms with Crippen molar-refractivity contribution in [3.63, 3.8) is 0 Å². The molecule has 106 valence electrons. The molecule has 2 atom stereocenters. The molecule has 0 amide bonds. The summed E-state index contributed by atoms with van der Waals surface area (Å²) in [5.74, 6) is 1.10. The third-order valence-electron chi connectivity index (χ3n) is 3.68. The Morgan fingerprint density at radius 3 is 3.05 bits per heavy atom. The maximum atomic E-state index is 9.76. The van der Waals surface area contributed by atoms with E-state index in [1.165, 1.54) is 19.7 Å². The first-order valence-electron chi connectivity index (χ1n) is 6.54. The zero-order valence-corrected chi connectivity index (χ0v) is 12.1. The molecule has 1 heterocycles. The topological polar surface area (TPSA) is 67.3 Å². The number of methoxy groups -OCH3 is 1. The molecule has 0 saturated heterocycles. The van der Waals surface area contributed by atoms with Crippen LogP contribution in [0.25, 0.3) is 0 Å². The molecule has 0 spiro atoms. The SMILES string of the molecule is COc1ncc(Cl)c(NC2(CO)CCCC(C)C2)n1. The molecule has 1 aromatic heterocycles. The number of hydrogen-bond donors (Lipinski definition) is 2. The molecule has 1 aromatic rings. The van der Waals surface area contributed by atoms with Crippen LogP contribution in [0.3, 0.4) is 0 Å². The Kier molecular flexibility index (Phi) is 4.47. The number of aliphatic hydroxyl groups is 1. The number of aliphatic hydroxyl groups excluding tert-OH is 1. The molecule has 19 heavy (non-hydrogen) atoms. The van der Waals surface area contributed by atoms with Gasteiger partial charge in [0.05, 0.1) is 25.5 Å². The monoisotopic (exact) mass is 285 g/mol. The van der Waals surface area contributed by atoms with Crippen LogP contribution in [0.15, 0.2) is 6.20 Å². The number of ether oxygens (including phenoxy) is 1. The van der Waals surface area contributed by atoms with Gasteiger partial charge < -0.3 is 15.2 Å². The van der Waals surface area contributed by atoms with Crippen LogP contribution >= 0.6 is 11.6 Å². The van der Waals surface area contributed by atoms with Crippen LogP contribution in [-0.2, 0) is 0 Å². The van der Waals surface area contributed by atoms with E-state index >= 15 is 0 Å². The molecular weight excluding hydrogens is 266 g/mol. The van der Waals surface area contributed by atoms with Crippen molar-refractivity contribution >= 4 is 17.4 Å². The average molecular weight is 286 g/mol. The van der Waals surface area contributed by atoms with Crippen LogP contribution in [-0.4, -0.2) is 34.3 Å². The third-order valence-corrected chi connectivity index (χ3v) is 3.96. The summed E-state index contributed by atoms with van der Waals surface area (Å²) in [6.07, 6.45) is 5.62. The fourth-order valence-corrected chi connectivity index (χ4v) is 2.88. The van der Waals surface area contributed by atoms with Crippen molar-refractivity contribution in [3.05, 3.63) is 11.2 Å². The van der Waals surface area contributed by atoms with E-state index in [0.29, 0.717) is 16.8 Å². The molecule has 1 aliphatic rings. The van der Waals surface area contributed by atoms with Gasteiger partial charge in [-0.2, -0.15) is 4.98 Å². The Balaban J connectivity index is 2.22. The van der Waals surface area contributed by atoms with Crippen LogP contribution in [0.2, 0.25) is 5.02 Å². The lowest BCUT2D eigenvalue weighted by Crippen LogP contribution is -2.46. The van der Waals surface area contributed by atoms with Gasteiger partial charge in [-0.1, -0.05) is 31.4 Å². The van der Waals surface area contributed by atoms with E-state index in [-0.39, 0.29) is 18.2 Å². The standard InChI is InChI=1S/C13H20ClN3O2/c1-9-4-3-5-13(6-9,8-18)17-11-10(14)7-15-12(16-11)19-2/h7,9,18H,3-6,8H2,1-2H3,(H,15,16,17). The molecule has 0 bridgehead atoms. The lowest BCUT2D eigenvalue weighted by molar-refractivity contribution is 0.149. The van der Waals surface area contributed by atoms with Gasteiger partial charge in [-0.05, 0) is 18.8 Å². The smallest absolute Gasteiger partial charge is 0.318 e. The van der Waals surface area contributed by atoms with E-state index in [9.17, 15) is 5.11 Å². The highest BCUT2D eigenvalue weighted by Crippen LogP contribution is 2.36. The lowest BCUT2D eigenvalue weighted by Gasteiger charge is -2.39. The minimum atomic E-state index is -0.347. The summed E-state index contributed by atoms with van der Waals surface area (Å²) in [6, 6.07) is 0.267. The maximum absolute atomic E-state index is 9.76. The normalized spacial score (nSPS) is 27.1. The molecule has 0 aliphatic heterocycles. The first kappa shape index (κ1) is 14.3. The van der Waals surface area contributed by atoms with Gasteiger partial charge in [-0.3, -0.25) is 0 Å². The summed E-state index contributed by atoms with van der Waals surface area (Å²) < 4.78 is 5.00. The number of nitrogens with one attached hydrogen (secondary N) is 1. The summed E-state index contributed by atoms with van der Waals surface area (Å²) in [7, 11) is 1.51. The predicted molar refractivity (Wildman–Crippen MR) is 74.7 cm³/mol. The van der Waals surface area contributed by atoms with Gasteiger partial charge in [0.25, 0.3) is 0 Å². The van der Waals surface area contributed by atoms with Crippen molar-refractivity contribution in [3.8, 4) is 6.01 Å². The van der Waals surface area contributed by atoms with E-state index < -0.39 is 0 Å². The van der Waals surface area contributed by atoms with Crippen molar-refractivity contribution in [2.75, 3.05) is 19.0 Å². The highest BCUT2D eigenvalue weighted by molar-refractivity contribution is 6.32. The van der Waals surface area contributed by atoms with Gasteiger partial charge in [0.1, 0.15) is 5.02 Å². The van der Waals surface area contributed by atoms with E-state index in [2.05, 4.69) is 22.2 Å². The molecule has 2 rings (SSSR count). The van der Waals surface area contributed by atoms with Gasteiger partial charge in [-0.25, -0.2) is 4.98 Å². The Morgan fingerprint density at radius 1 is 1.63 bits per heavy atom. The van der Waals surface area contributed by atoms with Crippen molar-refractivity contribution < 1.29 is 9.84 Å². The highest BCUT2D eigenvalue weighted by atomic mass is 35.5. The zero-order chi connectivity index (χ0) is 13.9. The predicted octanol–water partition coefficient (Wildman–Crippen LogP) is 2.49. The maximum Gasteiger partial charge on any atom is 0.318 e. The van der Waals surface area contributed by atoms with Crippen LogP contribution in [0.1, 0.15) is 32.6 Å². The summed E-state index contributed by atoms with van der Waals surface area (Å²) in [5.41, 5.74) is -0.347. The first-order valence-corrected chi connectivity index (χ1v) is 6.92. The van der Waals surface area contributed by atoms with Crippen molar-refractivity contribution in [1.29, 1.82) is 0 Å². The zero-order valence-electron chi connectivity index (χ0n) is 11.3. The highest BCUT2D eigenvalue weighted by Gasteiger charge is 2.35. The number of hydrogen-bond acceptors (Lipinski definition) is 5. The van der Waals surface area contributed by atoms with Crippen LogP contribution < -0.4 is 10.1 Å². The van der Waals surface area contributed by atoms with E-state index in [1.807, 2.05) is 0 Å². The summed E-state index contributed by atoms with van der Waals surface area (Å²) in [4.78, 5) is 8.16. The van der Waals surface area contributed by atoms with E-state index in [0.717, 1.165) is 19.3 Å². The summed E-state index contributed by atoms with van der Waals surface area (Å²) >= 11 is 6.10. The van der Waals surface area contributed by atoms with Gasteiger partial charge in [0.2, 0.25) is 0 Å². The van der Waals surface area contributed by atoms with Crippen LogP contribution in [0.5, 0.6) is 6.01 Å². The van der Waals surface area contributed by atoms with E-state index in [1.54, 1.807) is 0 Å². The average Bonchev–Trinajstić information content (AvgIpc) is 2.41. The van der Waals surface area contributed by atoms with Crippen LogP contribution in [0.4, 0.5) is 5.82 Å². The first-order chi connectivity index (χ1) is 9.08. The third kappa shape index (κ3) is 3.28. The number of anilines is 1. The van der Waals surface area contributed by atoms with Crippen LogP contribution in [0, 0.1) is 5.92 Å². The van der Waals surface area contributed by atoms with Gasteiger partial charge in [-0.15, -0.1) is 0 Å². The second-order valence-electron chi connectivity index (χ2n) is 5.32. The number of halogens is 1. The van der Waals surface area contributed by atoms with Gasteiger partial charge in [0.15, 0.2) is 5.82 Å². The Morgan fingerprint density at radius 2 is 2.42 bits per heavy atom. The summed E-state index contributed by atoms with van der Waals surface area (Å²) in [6.45, 7) is 2.27. The fourth-order valence-electron chi connectivity index (χ4n) is 2.74. The molecule has 5 nitrogen and oxygen atoms in total. The molecule has 1 saturated carbocycles. The second kappa shape index (κ2) is 5.92. The number of aromatic nitrogens is 2. The van der Waals surface area contributed by atoms with Crippen molar-refractivity contribution in [2.45, 2.75) is 38.1 Å². The molecule has 6 heteroatoms. The second-order valence-corrected chi connectivity index (χ2v) is 5.73. The van der Waals surface area contributed by atoms with E-state index in [4.69, 9.17) is 16.3 Å². The van der Waals surface area contributed by atoms with Crippen molar-refractivity contribution in [2.24, 2.45) is 5.92 Å². The lowest BCUT2D eigenvalue weighted by atomic mass is 9.77.